The molecule has 0 bridgehead atoms. The molecule has 1 fully saturated rings. The van der Waals surface area contributed by atoms with E-state index < -0.39 is 46.2 Å². The van der Waals surface area contributed by atoms with Crippen molar-refractivity contribution in [3.05, 3.63) is 62.8 Å². The molecule has 0 spiro atoms. The molecule has 1 aromatic heterocycles. The van der Waals surface area contributed by atoms with E-state index >= 15 is 0 Å². The summed E-state index contributed by atoms with van der Waals surface area (Å²) >= 11 is 9.14. The van der Waals surface area contributed by atoms with Gasteiger partial charge in [-0.15, -0.1) is 0 Å². The number of halogens is 6. The van der Waals surface area contributed by atoms with E-state index in [4.69, 9.17) is 11.6 Å². The molecule has 162 valence electrons. The number of aliphatic hydroxyl groups is 1. The molecule has 1 amide bonds. The number of hydrogen-bond donors (Lipinski definition) is 2. The van der Waals surface area contributed by atoms with Crippen LogP contribution in [0.3, 0.4) is 0 Å². The normalized spacial score (nSPS) is 23.1. The summed E-state index contributed by atoms with van der Waals surface area (Å²) in [6.45, 7) is 0. The van der Waals surface area contributed by atoms with Crippen LogP contribution in [0.5, 0.6) is 0 Å². The molecule has 1 saturated carbocycles. The summed E-state index contributed by atoms with van der Waals surface area (Å²) < 4.78 is 53.7. The molecule has 0 radical (unpaired) electrons. The van der Waals surface area contributed by atoms with Crippen molar-refractivity contribution >= 4 is 33.4 Å². The maximum Gasteiger partial charge on any atom is 0.417 e. The molecule has 2 aromatic rings. The largest absolute Gasteiger partial charge is 0.417 e. The molecule has 1 aliphatic rings. The van der Waals surface area contributed by atoms with Gasteiger partial charge in [-0.2, -0.15) is 13.2 Å². The van der Waals surface area contributed by atoms with Crippen molar-refractivity contribution in [3.8, 4) is 0 Å². The lowest BCUT2D eigenvalue weighted by Crippen LogP contribution is -2.48. The first-order valence-corrected chi connectivity index (χ1v) is 10.3. The van der Waals surface area contributed by atoms with Crippen LogP contribution in [0, 0.1) is 0 Å². The van der Waals surface area contributed by atoms with Gasteiger partial charge in [0.1, 0.15) is 11.9 Å². The van der Waals surface area contributed by atoms with Crippen LogP contribution in [0.15, 0.2) is 41.0 Å². The van der Waals surface area contributed by atoms with Crippen molar-refractivity contribution < 1.29 is 27.5 Å². The van der Waals surface area contributed by atoms with Crippen LogP contribution in [0.2, 0.25) is 5.02 Å². The highest BCUT2D eigenvalue weighted by Gasteiger charge is 2.43. The van der Waals surface area contributed by atoms with Crippen molar-refractivity contribution in [2.24, 2.45) is 0 Å². The monoisotopic (exact) mass is 508 g/mol. The third-order valence-corrected chi connectivity index (χ3v) is 6.06. The van der Waals surface area contributed by atoms with E-state index in [0.717, 1.165) is 6.20 Å². The van der Waals surface area contributed by atoms with Gasteiger partial charge >= 0.3 is 6.18 Å². The van der Waals surface area contributed by atoms with Gasteiger partial charge in [0, 0.05) is 10.7 Å². The number of benzene rings is 1. The number of hydrogen-bond acceptors (Lipinski definition) is 3. The Hall–Kier alpha value is -1.71. The molecule has 1 aliphatic carbocycles. The lowest BCUT2D eigenvalue weighted by molar-refractivity contribution is -0.137. The van der Waals surface area contributed by atoms with E-state index in [2.05, 4.69) is 26.2 Å². The average molecular weight is 510 g/mol. The fourth-order valence-corrected chi connectivity index (χ4v) is 4.33. The molecule has 0 unspecified atom stereocenters. The van der Waals surface area contributed by atoms with Crippen molar-refractivity contribution in [3.63, 3.8) is 0 Å². The molecule has 4 nitrogen and oxygen atoms in total. The number of rotatable bonds is 4. The SMILES string of the molecule is O=C(N[C@@H](c1cccc(Br)c1)[C@]1(O)CC[C@@H](F)CC1)c1nccc(C(F)(F)F)c1Cl. The number of nitrogens with zero attached hydrogens (tertiary/aromatic N) is 1. The Morgan fingerprint density at radius 1 is 1.30 bits per heavy atom. The standard InChI is InChI=1S/C20H18BrClF4N2O2/c21-12-3-1-2-11(10-12)17(19(30)7-4-13(23)5-8-19)28-18(29)16-15(22)14(6-9-27-16)20(24,25)26/h1-3,6,9-10,13,17,30H,4-5,7-8H2,(H,28,29)/t13-,17-,19+/m0/s1. The minimum Gasteiger partial charge on any atom is -0.387 e. The van der Waals surface area contributed by atoms with Crippen LogP contribution in [-0.4, -0.2) is 27.8 Å². The fourth-order valence-electron chi connectivity index (χ4n) is 3.61. The maximum atomic E-state index is 13.7. The molecule has 1 heterocycles. The fraction of sp³-hybridized carbons (Fsp3) is 0.400. The quantitative estimate of drug-likeness (QED) is 0.525. The van der Waals surface area contributed by atoms with Crippen LogP contribution in [0.1, 0.15) is 53.3 Å². The zero-order chi connectivity index (χ0) is 22.1. The molecule has 1 atom stereocenters. The van der Waals surface area contributed by atoms with Gasteiger partial charge < -0.3 is 10.4 Å². The van der Waals surface area contributed by atoms with Gasteiger partial charge in [0.25, 0.3) is 5.91 Å². The Labute approximate surface area is 183 Å². The first kappa shape index (κ1) is 23.0. The zero-order valence-electron chi connectivity index (χ0n) is 15.5. The van der Waals surface area contributed by atoms with Gasteiger partial charge in [0.2, 0.25) is 0 Å². The molecule has 1 aromatic carbocycles. The summed E-state index contributed by atoms with van der Waals surface area (Å²) in [5, 5.41) is 13.0. The number of amides is 1. The van der Waals surface area contributed by atoms with Crippen molar-refractivity contribution in [1.29, 1.82) is 0 Å². The Bertz CT molecular complexity index is 933. The molecule has 10 heteroatoms. The van der Waals surface area contributed by atoms with Crippen LogP contribution in [0.4, 0.5) is 17.6 Å². The van der Waals surface area contributed by atoms with Crippen LogP contribution in [-0.2, 0) is 6.18 Å². The highest BCUT2D eigenvalue weighted by Crippen LogP contribution is 2.41. The second kappa shape index (κ2) is 8.80. The van der Waals surface area contributed by atoms with Crippen molar-refractivity contribution in [2.45, 2.75) is 49.7 Å². The Morgan fingerprint density at radius 2 is 1.97 bits per heavy atom. The Morgan fingerprint density at radius 3 is 2.57 bits per heavy atom. The second-order valence-electron chi connectivity index (χ2n) is 7.26. The lowest BCUT2D eigenvalue weighted by Gasteiger charge is -2.40. The predicted octanol–water partition coefficient (Wildman–Crippen LogP) is 5.63. The summed E-state index contributed by atoms with van der Waals surface area (Å²) in [6.07, 6.45) is -4.58. The third-order valence-electron chi connectivity index (χ3n) is 5.19. The topological polar surface area (TPSA) is 62.2 Å². The van der Waals surface area contributed by atoms with Crippen molar-refractivity contribution in [1.82, 2.24) is 10.3 Å². The first-order chi connectivity index (χ1) is 14.0. The molecule has 0 aliphatic heterocycles. The van der Waals surface area contributed by atoms with Gasteiger partial charge in [-0.25, -0.2) is 9.37 Å². The molecule has 3 rings (SSSR count). The van der Waals surface area contributed by atoms with Gasteiger partial charge in [-0.05, 0) is 49.4 Å². The highest BCUT2D eigenvalue weighted by molar-refractivity contribution is 9.10. The van der Waals surface area contributed by atoms with Crippen LogP contribution < -0.4 is 5.32 Å². The Kier molecular flexibility index (Phi) is 6.74. The van der Waals surface area contributed by atoms with E-state index in [1.165, 1.54) is 0 Å². The van der Waals surface area contributed by atoms with E-state index in [-0.39, 0.29) is 25.7 Å². The van der Waals surface area contributed by atoms with E-state index in [1.807, 2.05) is 0 Å². The molecule has 30 heavy (non-hydrogen) atoms. The summed E-state index contributed by atoms with van der Waals surface area (Å²) in [7, 11) is 0. The van der Waals surface area contributed by atoms with Crippen LogP contribution in [0.25, 0.3) is 0 Å². The summed E-state index contributed by atoms with van der Waals surface area (Å²) in [5.74, 6) is -0.966. The lowest BCUT2D eigenvalue weighted by atomic mass is 9.76. The van der Waals surface area contributed by atoms with Gasteiger partial charge in [-0.1, -0.05) is 39.7 Å². The van der Waals surface area contributed by atoms with Crippen molar-refractivity contribution in [2.75, 3.05) is 0 Å². The summed E-state index contributed by atoms with van der Waals surface area (Å²) in [5.41, 5.74) is -2.75. The predicted molar refractivity (Wildman–Crippen MR) is 107 cm³/mol. The molecule has 0 saturated heterocycles. The summed E-state index contributed by atoms with van der Waals surface area (Å²) in [6, 6.07) is 6.46. The van der Waals surface area contributed by atoms with Gasteiger partial charge in [0.15, 0.2) is 0 Å². The number of aromatic nitrogens is 1. The first-order valence-electron chi connectivity index (χ1n) is 9.16. The molecular formula is C20H18BrClF4N2O2. The molecule has 2 N–H and O–H groups in total. The average Bonchev–Trinajstić information content (AvgIpc) is 2.67. The van der Waals surface area contributed by atoms with E-state index in [9.17, 15) is 27.5 Å². The zero-order valence-corrected chi connectivity index (χ0v) is 17.9. The smallest absolute Gasteiger partial charge is 0.387 e. The highest BCUT2D eigenvalue weighted by atomic mass is 79.9. The third kappa shape index (κ3) is 4.95. The Balaban J connectivity index is 1.97. The van der Waals surface area contributed by atoms with E-state index in [1.54, 1.807) is 24.3 Å². The minimum atomic E-state index is -4.75. The minimum absolute atomic E-state index is 0.0787. The number of carbonyl (C=O) groups excluding carboxylic acids is 1. The number of pyridine rings is 1. The number of carbonyl (C=O) groups is 1. The second-order valence-corrected chi connectivity index (χ2v) is 8.55. The van der Waals surface area contributed by atoms with Gasteiger partial charge in [0.05, 0.1) is 22.2 Å². The van der Waals surface area contributed by atoms with E-state index in [0.29, 0.717) is 16.1 Å². The molecular weight excluding hydrogens is 492 g/mol. The number of alkyl halides is 4. The maximum absolute atomic E-state index is 13.7. The van der Waals surface area contributed by atoms with Crippen LogP contribution >= 0.6 is 27.5 Å². The summed E-state index contributed by atoms with van der Waals surface area (Å²) in [4.78, 5) is 16.5. The number of nitrogens with one attached hydrogen (secondary N) is 1. The van der Waals surface area contributed by atoms with Gasteiger partial charge in [-0.3, -0.25) is 4.79 Å².